The number of H-pyrrole nitrogens is 1. The molecule has 0 saturated carbocycles. The van der Waals surface area contributed by atoms with Gasteiger partial charge in [0.2, 0.25) is 5.91 Å². The molecule has 1 aromatic heterocycles. The maximum absolute atomic E-state index is 12.2. The second kappa shape index (κ2) is 9.17. The van der Waals surface area contributed by atoms with E-state index in [4.69, 9.17) is 4.74 Å². The largest absolute Gasteiger partial charge is 0.383 e. The average Bonchev–Trinajstić information content (AvgIpc) is 3.10. The molecule has 1 amide bonds. The highest BCUT2D eigenvalue weighted by atomic mass is 16.5. The number of benzene rings is 2. The topological polar surface area (TPSA) is 66.2 Å². The van der Waals surface area contributed by atoms with Crippen molar-refractivity contribution >= 4 is 16.8 Å². The van der Waals surface area contributed by atoms with Gasteiger partial charge < -0.3 is 20.4 Å². The number of aromatic amines is 1. The Morgan fingerprint density at radius 3 is 2.69 bits per heavy atom. The van der Waals surface area contributed by atoms with Gasteiger partial charge in [-0.3, -0.25) is 4.79 Å². The number of fused-ring (bicyclic) bond motifs is 1. The van der Waals surface area contributed by atoms with Gasteiger partial charge >= 0.3 is 0 Å². The fraction of sp³-hybridized carbons (Fsp3) is 0.286. The van der Waals surface area contributed by atoms with Crippen LogP contribution in [0.2, 0.25) is 0 Å². The minimum Gasteiger partial charge on any atom is -0.383 e. The molecule has 5 nitrogen and oxygen atoms in total. The molecular weight excluding hydrogens is 326 g/mol. The van der Waals surface area contributed by atoms with Crippen molar-refractivity contribution in [1.29, 1.82) is 0 Å². The van der Waals surface area contributed by atoms with Crippen LogP contribution in [0, 0.1) is 0 Å². The van der Waals surface area contributed by atoms with Crippen LogP contribution in [0.5, 0.6) is 0 Å². The first-order valence-corrected chi connectivity index (χ1v) is 8.87. The number of ether oxygens (including phenoxy) is 1. The third kappa shape index (κ3) is 4.50. The minimum atomic E-state index is -0.0122. The van der Waals surface area contributed by atoms with Crippen LogP contribution in [0.25, 0.3) is 10.9 Å². The monoisotopic (exact) mass is 351 g/mol. The van der Waals surface area contributed by atoms with Crippen LogP contribution >= 0.6 is 0 Å². The zero-order chi connectivity index (χ0) is 18.2. The van der Waals surface area contributed by atoms with Crippen molar-refractivity contribution in [3.63, 3.8) is 0 Å². The number of hydrogen-bond acceptors (Lipinski definition) is 3. The highest BCUT2D eigenvalue weighted by molar-refractivity contribution is 5.84. The average molecular weight is 351 g/mol. The van der Waals surface area contributed by atoms with Crippen LogP contribution in [0.1, 0.15) is 17.0 Å². The van der Waals surface area contributed by atoms with Crippen LogP contribution < -0.4 is 10.6 Å². The van der Waals surface area contributed by atoms with Crippen LogP contribution in [0.15, 0.2) is 60.8 Å². The van der Waals surface area contributed by atoms with Gasteiger partial charge in [-0.15, -0.1) is 0 Å². The fourth-order valence-corrected chi connectivity index (χ4v) is 3.13. The van der Waals surface area contributed by atoms with Crippen molar-refractivity contribution in [2.24, 2.45) is 0 Å². The summed E-state index contributed by atoms with van der Waals surface area (Å²) in [4.78, 5) is 15.5. The molecule has 1 heterocycles. The van der Waals surface area contributed by atoms with Crippen molar-refractivity contribution in [2.45, 2.75) is 5.92 Å². The van der Waals surface area contributed by atoms with Gasteiger partial charge in [0.25, 0.3) is 0 Å². The number of amides is 1. The van der Waals surface area contributed by atoms with Gasteiger partial charge in [-0.1, -0.05) is 48.5 Å². The number of hydrogen-bond donors (Lipinski definition) is 3. The Balaban J connectivity index is 1.74. The van der Waals surface area contributed by atoms with Gasteiger partial charge in [0.05, 0.1) is 13.2 Å². The third-order valence-electron chi connectivity index (χ3n) is 4.47. The van der Waals surface area contributed by atoms with E-state index >= 15 is 0 Å². The van der Waals surface area contributed by atoms with E-state index in [1.54, 1.807) is 7.11 Å². The van der Waals surface area contributed by atoms with E-state index in [0.29, 0.717) is 26.2 Å². The van der Waals surface area contributed by atoms with Crippen LogP contribution in [0.3, 0.4) is 0 Å². The molecule has 3 N–H and O–H groups in total. The number of aromatic nitrogens is 1. The summed E-state index contributed by atoms with van der Waals surface area (Å²) in [5.74, 6) is 0.0807. The summed E-state index contributed by atoms with van der Waals surface area (Å²) in [6.45, 7) is 2.10. The molecule has 26 heavy (non-hydrogen) atoms. The van der Waals surface area contributed by atoms with Crippen LogP contribution in [-0.4, -0.2) is 44.2 Å². The zero-order valence-corrected chi connectivity index (χ0v) is 15.0. The molecular formula is C21H25N3O2. The Bertz CT molecular complexity index is 829. The Kier molecular flexibility index (Phi) is 6.41. The van der Waals surface area contributed by atoms with E-state index in [1.165, 1.54) is 16.5 Å². The Morgan fingerprint density at radius 1 is 1.12 bits per heavy atom. The lowest BCUT2D eigenvalue weighted by Gasteiger charge is -2.18. The van der Waals surface area contributed by atoms with Crippen LogP contribution in [-0.2, 0) is 9.53 Å². The standard InChI is InChI=1S/C21H25N3O2/c1-26-12-11-22-15-21(25)24-13-18(16-7-3-2-4-8-16)19-14-23-20-10-6-5-9-17(19)20/h2-10,14,18,22-23H,11-13,15H2,1H3,(H,24,25). The Hall–Kier alpha value is -2.63. The summed E-state index contributed by atoms with van der Waals surface area (Å²) in [5, 5.41) is 7.31. The summed E-state index contributed by atoms with van der Waals surface area (Å²) in [7, 11) is 1.65. The molecule has 136 valence electrons. The first kappa shape index (κ1) is 18.2. The Morgan fingerprint density at radius 2 is 1.88 bits per heavy atom. The summed E-state index contributed by atoms with van der Waals surface area (Å²) in [5.41, 5.74) is 3.49. The summed E-state index contributed by atoms with van der Waals surface area (Å²) in [6, 6.07) is 18.5. The van der Waals surface area contributed by atoms with Crippen molar-refractivity contribution in [3.8, 4) is 0 Å². The van der Waals surface area contributed by atoms with E-state index in [1.807, 2.05) is 36.5 Å². The molecule has 5 heteroatoms. The van der Waals surface area contributed by atoms with Crippen molar-refractivity contribution in [3.05, 3.63) is 71.9 Å². The summed E-state index contributed by atoms with van der Waals surface area (Å²) in [6.07, 6.45) is 2.05. The number of methoxy groups -OCH3 is 1. The Labute approximate surface area is 153 Å². The number of para-hydroxylation sites is 1. The number of rotatable bonds is 9. The maximum atomic E-state index is 12.2. The molecule has 1 atom stereocenters. The van der Waals surface area contributed by atoms with Crippen molar-refractivity contribution in [1.82, 2.24) is 15.6 Å². The minimum absolute atomic E-state index is 0.0122. The van der Waals surface area contributed by atoms with Gasteiger partial charge in [0.15, 0.2) is 0 Å². The molecule has 0 aliphatic rings. The molecule has 0 fully saturated rings. The zero-order valence-electron chi connectivity index (χ0n) is 15.0. The SMILES string of the molecule is COCCNCC(=O)NCC(c1ccccc1)c1c[nH]c2ccccc12. The lowest BCUT2D eigenvalue weighted by atomic mass is 9.91. The number of nitrogens with one attached hydrogen (secondary N) is 3. The molecule has 0 radical (unpaired) electrons. The van der Waals surface area contributed by atoms with E-state index in [9.17, 15) is 4.79 Å². The van der Waals surface area contributed by atoms with Gasteiger partial charge in [-0.2, -0.15) is 0 Å². The van der Waals surface area contributed by atoms with Crippen molar-refractivity contribution in [2.75, 3.05) is 33.4 Å². The lowest BCUT2D eigenvalue weighted by molar-refractivity contribution is -0.120. The van der Waals surface area contributed by atoms with Gasteiger partial charge in [0, 0.05) is 43.2 Å². The van der Waals surface area contributed by atoms with E-state index in [-0.39, 0.29) is 11.8 Å². The molecule has 0 aliphatic carbocycles. The summed E-state index contributed by atoms with van der Waals surface area (Å²) >= 11 is 0. The quantitative estimate of drug-likeness (QED) is 0.519. The van der Waals surface area contributed by atoms with Gasteiger partial charge in [0.1, 0.15) is 0 Å². The molecule has 0 spiro atoms. The number of carbonyl (C=O) groups excluding carboxylic acids is 1. The first-order valence-electron chi connectivity index (χ1n) is 8.87. The number of carbonyl (C=O) groups is 1. The second-order valence-corrected chi connectivity index (χ2v) is 6.23. The predicted octanol–water partition coefficient (Wildman–Crippen LogP) is 2.65. The maximum Gasteiger partial charge on any atom is 0.233 e. The molecule has 3 aromatic rings. The van der Waals surface area contributed by atoms with Gasteiger partial charge in [-0.05, 0) is 17.2 Å². The first-order chi connectivity index (χ1) is 12.8. The molecule has 0 bridgehead atoms. The van der Waals surface area contributed by atoms with Gasteiger partial charge in [-0.25, -0.2) is 0 Å². The van der Waals surface area contributed by atoms with E-state index < -0.39 is 0 Å². The third-order valence-corrected chi connectivity index (χ3v) is 4.47. The fourth-order valence-electron chi connectivity index (χ4n) is 3.13. The molecule has 3 rings (SSSR count). The normalized spacial score (nSPS) is 12.2. The van der Waals surface area contributed by atoms with E-state index in [2.05, 4.69) is 39.9 Å². The van der Waals surface area contributed by atoms with Crippen LogP contribution in [0.4, 0.5) is 0 Å². The lowest BCUT2D eigenvalue weighted by Crippen LogP contribution is -2.37. The van der Waals surface area contributed by atoms with E-state index in [0.717, 1.165) is 5.52 Å². The molecule has 0 saturated heterocycles. The van der Waals surface area contributed by atoms with Crippen molar-refractivity contribution < 1.29 is 9.53 Å². The molecule has 2 aromatic carbocycles. The smallest absolute Gasteiger partial charge is 0.233 e. The predicted molar refractivity (Wildman–Crippen MR) is 104 cm³/mol. The molecule has 1 unspecified atom stereocenters. The highest BCUT2D eigenvalue weighted by Crippen LogP contribution is 2.30. The molecule has 0 aliphatic heterocycles. The summed E-state index contributed by atoms with van der Waals surface area (Å²) < 4.78 is 4.97. The highest BCUT2D eigenvalue weighted by Gasteiger charge is 2.18. The second-order valence-electron chi connectivity index (χ2n) is 6.23.